The van der Waals surface area contributed by atoms with E-state index < -0.39 is 0 Å². The minimum absolute atomic E-state index is 0.00787. The van der Waals surface area contributed by atoms with E-state index in [2.05, 4.69) is 24.1 Å². The monoisotopic (exact) mass is 349 g/mol. The normalized spacial score (nSPS) is 21.8. The molecule has 0 saturated carbocycles. The van der Waals surface area contributed by atoms with Crippen molar-refractivity contribution in [3.05, 3.63) is 35.0 Å². The van der Waals surface area contributed by atoms with Crippen molar-refractivity contribution < 1.29 is 9.53 Å². The second kappa shape index (κ2) is 6.75. The van der Waals surface area contributed by atoms with Crippen LogP contribution in [-0.2, 0) is 11.8 Å². The number of aromatic nitrogens is 1. The number of fused-ring (bicyclic) bond motifs is 1. The molecule has 0 unspecified atom stereocenters. The van der Waals surface area contributed by atoms with Crippen molar-refractivity contribution in [2.24, 2.45) is 7.05 Å². The molecule has 5 nitrogen and oxygen atoms in total. The molecule has 0 radical (unpaired) electrons. The average molecular weight is 350 g/mol. The zero-order valence-corrected chi connectivity index (χ0v) is 15.3. The van der Waals surface area contributed by atoms with Gasteiger partial charge in [-0.1, -0.05) is 17.7 Å². The maximum absolute atomic E-state index is 12.8. The van der Waals surface area contributed by atoms with Gasteiger partial charge in [-0.15, -0.1) is 0 Å². The van der Waals surface area contributed by atoms with Crippen LogP contribution in [0, 0.1) is 0 Å². The lowest BCUT2D eigenvalue weighted by Crippen LogP contribution is -2.44. The number of carbonyl (C=O) groups is 1. The van der Waals surface area contributed by atoms with Gasteiger partial charge in [0.25, 0.3) is 5.91 Å². The Morgan fingerprint density at radius 1 is 1.33 bits per heavy atom. The van der Waals surface area contributed by atoms with Crippen molar-refractivity contribution in [3.8, 4) is 0 Å². The van der Waals surface area contributed by atoms with Gasteiger partial charge in [0, 0.05) is 49.2 Å². The second-order valence-electron chi connectivity index (χ2n) is 6.69. The van der Waals surface area contributed by atoms with Crippen LogP contribution < -0.4 is 5.32 Å². The number of halogens is 1. The SMILES string of the molecule is CO[C@H]1CN(C(C)C)C[C@@H]1NC(=O)c1cc2ccc(Cl)cc2n1C. The summed E-state index contributed by atoms with van der Waals surface area (Å²) in [5, 5.41) is 4.81. The van der Waals surface area contributed by atoms with Crippen molar-refractivity contribution >= 4 is 28.4 Å². The number of hydrogen-bond acceptors (Lipinski definition) is 3. The lowest BCUT2D eigenvalue weighted by molar-refractivity contribution is 0.0748. The Morgan fingerprint density at radius 3 is 2.75 bits per heavy atom. The van der Waals surface area contributed by atoms with Gasteiger partial charge in [0.2, 0.25) is 0 Å². The zero-order valence-electron chi connectivity index (χ0n) is 14.5. The van der Waals surface area contributed by atoms with Crippen molar-refractivity contribution in [1.29, 1.82) is 0 Å². The fraction of sp³-hybridized carbons (Fsp3) is 0.500. The first-order chi connectivity index (χ1) is 11.4. The lowest BCUT2D eigenvalue weighted by atomic mass is 10.2. The largest absolute Gasteiger partial charge is 0.378 e. The third-order valence-electron chi connectivity index (χ3n) is 4.88. The Labute approximate surface area is 147 Å². The summed E-state index contributed by atoms with van der Waals surface area (Å²) >= 11 is 6.06. The number of nitrogens with zero attached hydrogens (tertiary/aromatic N) is 2. The molecule has 1 fully saturated rings. The van der Waals surface area contributed by atoms with E-state index in [1.54, 1.807) is 7.11 Å². The number of amides is 1. The molecule has 2 aromatic rings. The number of ether oxygens (including phenoxy) is 1. The highest BCUT2D eigenvalue weighted by atomic mass is 35.5. The molecule has 1 aliphatic heterocycles. The summed E-state index contributed by atoms with van der Waals surface area (Å²) in [7, 11) is 3.59. The number of benzene rings is 1. The Hall–Kier alpha value is -1.56. The predicted molar refractivity (Wildman–Crippen MR) is 96.7 cm³/mol. The number of aryl methyl sites for hydroxylation is 1. The topological polar surface area (TPSA) is 46.5 Å². The predicted octanol–water partition coefficient (Wildman–Crippen LogP) is 2.67. The number of methoxy groups -OCH3 is 1. The molecule has 1 saturated heterocycles. The molecule has 1 N–H and O–H groups in total. The summed E-state index contributed by atoms with van der Waals surface area (Å²) in [4.78, 5) is 15.1. The molecule has 6 heteroatoms. The van der Waals surface area contributed by atoms with Crippen LogP contribution in [0.25, 0.3) is 10.9 Å². The van der Waals surface area contributed by atoms with E-state index in [1.807, 2.05) is 35.9 Å². The van der Waals surface area contributed by atoms with Crippen LogP contribution in [0.5, 0.6) is 0 Å². The third-order valence-corrected chi connectivity index (χ3v) is 5.12. The number of likely N-dealkylation sites (tertiary alicyclic amines) is 1. The molecule has 3 rings (SSSR count). The van der Waals surface area contributed by atoms with Crippen molar-refractivity contribution in [1.82, 2.24) is 14.8 Å². The van der Waals surface area contributed by atoms with Crippen LogP contribution in [0.1, 0.15) is 24.3 Å². The quantitative estimate of drug-likeness (QED) is 0.923. The van der Waals surface area contributed by atoms with E-state index in [0.29, 0.717) is 16.8 Å². The van der Waals surface area contributed by atoms with Crippen LogP contribution in [0.15, 0.2) is 24.3 Å². The molecule has 1 aliphatic rings. The fourth-order valence-corrected chi connectivity index (χ4v) is 3.53. The van der Waals surface area contributed by atoms with Gasteiger partial charge < -0.3 is 14.6 Å². The minimum Gasteiger partial charge on any atom is -0.378 e. The van der Waals surface area contributed by atoms with Crippen LogP contribution in [0.2, 0.25) is 5.02 Å². The van der Waals surface area contributed by atoms with E-state index in [0.717, 1.165) is 24.0 Å². The number of rotatable bonds is 4. The molecule has 1 aromatic heterocycles. The van der Waals surface area contributed by atoms with Gasteiger partial charge in [-0.3, -0.25) is 9.69 Å². The first kappa shape index (κ1) is 17.3. The number of hydrogen-bond donors (Lipinski definition) is 1. The van der Waals surface area contributed by atoms with Gasteiger partial charge in [-0.25, -0.2) is 0 Å². The van der Waals surface area contributed by atoms with E-state index in [1.165, 1.54) is 0 Å². The number of carbonyl (C=O) groups excluding carboxylic acids is 1. The van der Waals surface area contributed by atoms with Crippen molar-refractivity contribution in [3.63, 3.8) is 0 Å². The molecule has 1 aromatic carbocycles. The summed E-state index contributed by atoms with van der Waals surface area (Å²) in [6.45, 7) is 5.96. The Balaban J connectivity index is 1.81. The molecule has 24 heavy (non-hydrogen) atoms. The molecule has 0 spiro atoms. The molecule has 130 valence electrons. The lowest BCUT2D eigenvalue weighted by Gasteiger charge is -2.20. The molecule has 0 bridgehead atoms. The van der Waals surface area contributed by atoms with Crippen LogP contribution >= 0.6 is 11.6 Å². The summed E-state index contributed by atoms with van der Waals surface area (Å²) < 4.78 is 7.45. The molecular weight excluding hydrogens is 326 g/mol. The maximum Gasteiger partial charge on any atom is 0.268 e. The summed E-state index contributed by atoms with van der Waals surface area (Å²) in [6.07, 6.45) is 0.0143. The van der Waals surface area contributed by atoms with E-state index >= 15 is 0 Å². The summed E-state index contributed by atoms with van der Waals surface area (Å²) in [6, 6.07) is 7.97. The van der Waals surface area contributed by atoms with Crippen LogP contribution in [-0.4, -0.2) is 53.8 Å². The van der Waals surface area contributed by atoms with Crippen molar-refractivity contribution in [2.45, 2.75) is 32.0 Å². The second-order valence-corrected chi connectivity index (χ2v) is 7.13. The molecule has 2 heterocycles. The molecule has 1 amide bonds. The van der Waals surface area contributed by atoms with Gasteiger partial charge in [-0.05, 0) is 32.0 Å². The molecule has 0 aliphatic carbocycles. The highest BCUT2D eigenvalue weighted by Crippen LogP contribution is 2.23. The standard InChI is InChI=1S/C18H24ClN3O2/c1-11(2)22-9-14(17(10-22)24-4)20-18(23)16-7-12-5-6-13(19)8-15(12)21(16)3/h5-8,11,14,17H,9-10H2,1-4H3,(H,20,23)/t14-,17-/m0/s1. The zero-order chi connectivity index (χ0) is 17.4. The highest BCUT2D eigenvalue weighted by molar-refractivity contribution is 6.31. The summed E-state index contributed by atoms with van der Waals surface area (Å²) in [5.41, 5.74) is 1.58. The van der Waals surface area contributed by atoms with Crippen molar-refractivity contribution in [2.75, 3.05) is 20.2 Å². The van der Waals surface area contributed by atoms with E-state index in [9.17, 15) is 4.79 Å². The molecular formula is C18H24ClN3O2. The average Bonchev–Trinajstić information content (AvgIpc) is 3.09. The Bertz CT molecular complexity index is 756. The van der Waals surface area contributed by atoms with Gasteiger partial charge in [0.05, 0.1) is 12.1 Å². The smallest absolute Gasteiger partial charge is 0.268 e. The first-order valence-electron chi connectivity index (χ1n) is 8.23. The van der Waals surface area contributed by atoms with Gasteiger partial charge in [0.15, 0.2) is 0 Å². The van der Waals surface area contributed by atoms with E-state index in [-0.39, 0.29) is 18.1 Å². The molecule has 2 atom stereocenters. The third kappa shape index (κ3) is 3.16. The van der Waals surface area contributed by atoms with Gasteiger partial charge in [-0.2, -0.15) is 0 Å². The highest BCUT2D eigenvalue weighted by Gasteiger charge is 2.35. The minimum atomic E-state index is -0.0810. The van der Waals surface area contributed by atoms with Crippen LogP contribution in [0.4, 0.5) is 0 Å². The number of nitrogens with one attached hydrogen (secondary N) is 1. The summed E-state index contributed by atoms with van der Waals surface area (Å²) in [5.74, 6) is -0.0810. The van der Waals surface area contributed by atoms with Crippen LogP contribution in [0.3, 0.4) is 0 Å². The van der Waals surface area contributed by atoms with Gasteiger partial charge >= 0.3 is 0 Å². The van der Waals surface area contributed by atoms with E-state index in [4.69, 9.17) is 16.3 Å². The van der Waals surface area contributed by atoms with Gasteiger partial charge in [0.1, 0.15) is 5.69 Å². The fourth-order valence-electron chi connectivity index (χ4n) is 3.37. The Morgan fingerprint density at radius 2 is 2.08 bits per heavy atom. The Kier molecular flexibility index (Phi) is 4.85. The first-order valence-corrected chi connectivity index (χ1v) is 8.61. The maximum atomic E-state index is 12.8.